The van der Waals surface area contributed by atoms with Gasteiger partial charge in [0.15, 0.2) is 5.78 Å². The highest BCUT2D eigenvalue weighted by Crippen LogP contribution is 2.45. The third-order valence-corrected chi connectivity index (χ3v) is 3.72. The predicted octanol–water partition coefficient (Wildman–Crippen LogP) is 4.40. The summed E-state index contributed by atoms with van der Waals surface area (Å²) in [4.78, 5) is 12.7. The van der Waals surface area contributed by atoms with Crippen LogP contribution in [0.15, 0.2) is 42.5 Å². The summed E-state index contributed by atoms with van der Waals surface area (Å²) in [5.41, 5.74) is 1.82. The minimum atomic E-state index is -0.160. The van der Waals surface area contributed by atoms with Gasteiger partial charge in [0.05, 0.1) is 0 Å². The molecule has 1 aliphatic carbocycles. The lowest BCUT2D eigenvalue weighted by Crippen LogP contribution is -2.28. The molecule has 0 radical (unpaired) electrons. The summed E-state index contributed by atoms with van der Waals surface area (Å²) >= 11 is 0. The highest BCUT2D eigenvalue weighted by atomic mass is 16.1. The van der Waals surface area contributed by atoms with Crippen molar-refractivity contribution in [1.82, 2.24) is 0 Å². The third-order valence-electron chi connectivity index (χ3n) is 3.72. The van der Waals surface area contributed by atoms with Crippen molar-refractivity contribution in [3.05, 3.63) is 48.0 Å². The Morgan fingerprint density at radius 3 is 2.35 bits per heavy atom. The molecule has 17 heavy (non-hydrogen) atoms. The smallest absolute Gasteiger partial charge is 0.169 e. The molecule has 0 unspecified atom stereocenters. The molecule has 0 N–H and O–H groups in total. The number of Topliss-reactive ketones (excluding diaryl/α,β-unsaturated/α-hetero) is 1. The van der Waals surface area contributed by atoms with Crippen molar-refractivity contribution in [1.29, 1.82) is 0 Å². The topological polar surface area (TPSA) is 17.1 Å². The molecule has 0 aromatic heterocycles. The van der Waals surface area contributed by atoms with Crippen LogP contribution in [0.4, 0.5) is 0 Å². The Hall–Kier alpha value is -1.37. The first kappa shape index (κ1) is 12.1. The van der Waals surface area contributed by atoms with Gasteiger partial charge in [0.25, 0.3) is 0 Å². The van der Waals surface area contributed by atoms with Crippen molar-refractivity contribution in [2.24, 2.45) is 5.41 Å². The fourth-order valence-corrected chi connectivity index (χ4v) is 3.01. The van der Waals surface area contributed by atoms with Crippen LogP contribution < -0.4 is 0 Å². The molecule has 1 fully saturated rings. The lowest BCUT2D eigenvalue weighted by Gasteiger charge is -2.27. The molecule has 0 amide bonds. The van der Waals surface area contributed by atoms with Gasteiger partial charge in [-0.05, 0) is 26.2 Å². The molecule has 0 saturated heterocycles. The normalized spacial score (nSPS) is 17.9. The van der Waals surface area contributed by atoms with Crippen molar-refractivity contribution in [3.8, 4) is 0 Å². The average Bonchev–Trinajstić information content (AvgIpc) is 2.78. The van der Waals surface area contributed by atoms with Gasteiger partial charge in [-0.15, -0.1) is 6.58 Å². The summed E-state index contributed by atoms with van der Waals surface area (Å²) in [6.45, 7) is 6.01. The Morgan fingerprint density at radius 1 is 1.24 bits per heavy atom. The van der Waals surface area contributed by atoms with E-state index in [1.165, 1.54) is 12.8 Å². The van der Waals surface area contributed by atoms with Crippen LogP contribution >= 0.6 is 0 Å². The van der Waals surface area contributed by atoms with E-state index in [-0.39, 0.29) is 5.41 Å². The minimum absolute atomic E-state index is 0.160. The van der Waals surface area contributed by atoms with Gasteiger partial charge in [-0.3, -0.25) is 4.79 Å². The van der Waals surface area contributed by atoms with Gasteiger partial charge in [-0.2, -0.15) is 0 Å². The number of hydrogen-bond acceptors (Lipinski definition) is 1. The maximum atomic E-state index is 12.7. The number of ketones is 1. The number of carbonyl (C=O) groups excluding carboxylic acids is 1. The monoisotopic (exact) mass is 228 g/mol. The van der Waals surface area contributed by atoms with Crippen LogP contribution in [0.5, 0.6) is 0 Å². The van der Waals surface area contributed by atoms with Crippen LogP contribution in [0.1, 0.15) is 49.4 Å². The Balaban J connectivity index is 2.28. The van der Waals surface area contributed by atoms with Crippen LogP contribution in [-0.2, 0) is 0 Å². The molecule has 1 nitrogen and oxygen atoms in total. The van der Waals surface area contributed by atoms with E-state index < -0.39 is 0 Å². The molecule has 0 heterocycles. The van der Waals surface area contributed by atoms with E-state index in [2.05, 4.69) is 6.58 Å². The second-order valence-electron chi connectivity index (χ2n) is 5.32. The number of carbonyl (C=O) groups is 1. The Labute approximate surface area is 104 Å². The van der Waals surface area contributed by atoms with Crippen molar-refractivity contribution < 1.29 is 4.79 Å². The average molecular weight is 228 g/mol. The van der Waals surface area contributed by atoms with Gasteiger partial charge in [0.2, 0.25) is 0 Å². The number of benzene rings is 1. The summed E-state index contributed by atoms with van der Waals surface area (Å²) in [5.74, 6) is 0.318. The maximum absolute atomic E-state index is 12.7. The molecule has 0 bridgehead atoms. The number of hydrogen-bond donors (Lipinski definition) is 0. The number of rotatable bonds is 4. The van der Waals surface area contributed by atoms with Crippen LogP contribution in [-0.4, -0.2) is 5.78 Å². The van der Waals surface area contributed by atoms with E-state index >= 15 is 0 Å². The largest absolute Gasteiger partial charge is 0.294 e. The maximum Gasteiger partial charge on any atom is 0.169 e. The summed E-state index contributed by atoms with van der Waals surface area (Å²) in [7, 11) is 0. The zero-order valence-corrected chi connectivity index (χ0v) is 10.5. The highest BCUT2D eigenvalue weighted by Gasteiger charge is 2.40. The van der Waals surface area contributed by atoms with E-state index in [4.69, 9.17) is 0 Å². The summed E-state index contributed by atoms with van der Waals surface area (Å²) in [5, 5.41) is 0. The highest BCUT2D eigenvalue weighted by molar-refractivity contribution is 6.00. The van der Waals surface area contributed by atoms with Crippen LogP contribution in [0.2, 0.25) is 0 Å². The van der Waals surface area contributed by atoms with E-state index in [9.17, 15) is 4.79 Å². The minimum Gasteiger partial charge on any atom is -0.294 e. The van der Waals surface area contributed by atoms with Crippen molar-refractivity contribution in [2.75, 3.05) is 0 Å². The first-order valence-electron chi connectivity index (χ1n) is 6.38. The van der Waals surface area contributed by atoms with E-state index in [1.807, 2.05) is 37.3 Å². The summed E-state index contributed by atoms with van der Waals surface area (Å²) in [6, 6.07) is 9.70. The number of allylic oxidation sites excluding steroid dienone is 1. The van der Waals surface area contributed by atoms with Gasteiger partial charge in [-0.25, -0.2) is 0 Å². The van der Waals surface area contributed by atoms with E-state index in [1.54, 1.807) is 0 Å². The predicted molar refractivity (Wildman–Crippen MR) is 71.1 cm³/mol. The molecule has 0 spiro atoms. The molecule has 0 atom stereocenters. The van der Waals surface area contributed by atoms with Gasteiger partial charge in [0.1, 0.15) is 0 Å². The molecular weight excluding hydrogens is 208 g/mol. The molecule has 1 aromatic rings. The van der Waals surface area contributed by atoms with Crippen LogP contribution in [0.25, 0.3) is 0 Å². The SMILES string of the molecule is C=C(C)CC1(C(=O)c2ccccc2)CCCC1. The third kappa shape index (κ3) is 2.49. The molecular formula is C16H20O. The fourth-order valence-electron chi connectivity index (χ4n) is 3.01. The first-order valence-corrected chi connectivity index (χ1v) is 6.38. The second-order valence-corrected chi connectivity index (χ2v) is 5.32. The quantitative estimate of drug-likeness (QED) is 0.551. The fraction of sp³-hybridized carbons (Fsp3) is 0.438. The van der Waals surface area contributed by atoms with E-state index in [0.717, 1.165) is 30.4 Å². The molecule has 1 aromatic carbocycles. The van der Waals surface area contributed by atoms with Crippen molar-refractivity contribution >= 4 is 5.78 Å². The summed E-state index contributed by atoms with van der Waals surface area (Å²) in [6.07, 6.45) is 5.24. The van der Waals surface area contributed by atoms with Crippen LogP contribution in [0.3, 0.4) is 0 Å². The molecule has 1 saturated carbocycles. The Bertz CT molecular complexity index is 410. The van der Waals surface area contributed by atoms with Crippen LogP contribution in [0, 0.1) is 5.41 Å². The second kappa shape index (κ2) is 4.87. The van der Waals surface area contributed by atoms with Gasteiger partial charge in [0, 0.05) is 11.0 Å². The van der Waals surface area contributed by atoms with Gasteiger partial charge < -0.3 is 0 Å². The molecule has 1 aliphatic rings. The lowest BCUT2D eigenvalue weighted by atomic mass is 9.74. The lowest BCUT2D eigenvalue weighted by molar-refractivity contribution is 0.0797. The van der Waals surface area contributed by atoms with Gasteiger partial charge in [-0.1, -0.05) is 48.7 Å². The molecule has 1 heteroatoms. The molecule has 2 rings (SSSR count). The Kier molecular flexibility index (Phi) is 3.46. The van der Waals surface area contributed by atoms with Crippen molar-refractivity contribution in [3.63, 3.8) is 0 Å². The van der Waals surface area contributed by atoms with E-state index in [0.29, 0.717) is 5.78 Å². The standard InChI is InChI=1S/C16H20O/c1-13(2)12-16(10-6-7-11-16)15(17)14-8-4-3-5-9-14/h3-5,8-9H,1,6-7,10-12H2,2H3. The molecule has 90 valence electrons. The molecule has 0 aliphatic heterocycles. The summed E-state index contributed by atoms with van der Waals surface area (Å²) < 4.78 is 0. The zero-order valence-electron chi connectivity index (χ0n) is 10.5. The van der Waals surface area contributed by atoms with Gasteiger partial charge >= 0.3 is 0 Å². The Morgan fingerprint density at radius 2 is 1.82 bits per heavy atom. The zero-order chi connectivity index (χ0) is 12.3. The van der Waals surface area contributed by atoms with Crippen molar-refractivity contribution in [2.45, 2.75) is 39.0 Å². The first-order chi connectivity index (χ1) is 8.14.